The molecular weight excluding hydrogens is 192 g/mol. The molecule has 6 heteroatoms. The summed E-state index contributed by atoms with van der Waals surface area (Å²) in [4.78, 5) is 0. The largest absolute Gasteiger partial charge is 0.316 e. The number of rotatable bonds is 7. The fraction of sp³-hybridized carbons (Fsp3) is 1.00. The molecule has 0 aliphatic rings. The fourth-order valence-corrected chi connectivity index (χ4v) is 2.74. The van der Waals surface area contributed by atoms with Crippen LogP contribution in [-0.4, -0.2) is 23.8 Å². The summed E-state index contributed by atoms with van der Waals surface area (Å²) in [5, 5.41) is 0. The lowest BCUT2D eigenvalue weighted by atomic mass is 10.4. The molecule has 0 amide bonds. The van der Waals surface area contributed by atoms with Gasteiger partial charge in [0.05, 0.1) is 12.3 Å². The molecule has 0 radical (unpaired) electrons. The van der Waals surface area contributed by atoms with Gasteiger partial charge in [0.1, 0.15) is 0 Å². The Kier molecular flexibility index (Phi) is 8.52. The van der Waals surface area contributed by atoms with Gasteiger partial charge in [0, 0.05) is 11.5 Å². The summed E-state index contributed by atoms with van der Waals surface area (Å²) in [7, 11) is 3.54. The summed E-state index contributed by atoms with van der Waals surface area (Å²) in [6, 6.07) is 0. The maximum atomic E-state index is 5.37. The van der Waals surface area contributed by atoms with Crippen LogP contribution in [0.3, 0.4) is 0 Å². The van der Waals surface area contributed by atoms with Gasteiger partial charge in [-0.25, -0.2) is 0 Å². The van der Waals surface area contributed by atoms with Crippen LogP contribution in [0.4, 0.5) is 0 Å². The average Bonchev–Trinajstić information content (AvgIpc) is 1.95. The SMILES string of the molecule is NC(N)CCSSCCC(N)N. The lowest BCUT2D eigenvalue weighted by Crippen LogP contribution is -2.31. The van der Waals surface area contributed by atoms with Gasteiger partial charge in [-0.1, -0.05) is 21.6 Å². The molecule has 0 spiro atoms. The van der Waals surface area contributed by atoms with E-state index in [1.165, 1.54) is 0 Å². The van der Waals surface area contributed by atoms with Crippen molar-refractivity contribution in [2.24, 2.45) is 22.9 Å². The van der Waals surface area contributed by atoms with Crippen molar-refractivity contribution in [1.82, 2.24) is 0 Å². The molecule has 0 bridgehead atoms. The Bertz CT molecular complexity index is 87.5. The third-order valence-electron chi connectivity index (χ3n) is 1.15. The molecule has 8 N–H and O–H groups in total. The van der Waals surface area contributed by atoms with E-state index >= 15 is 0 Å². The summed E-state index contributed by atoms with van der Waals surface area (Å²) >= 11 is 0. The molecule has 0 aromatic rings. The molecule has 0 atom stereocenters. The lowest BCUT2D eigenvalue weighted by Gasteiger charge is -2.05. The van der Waals surface area contributed by atoms with E-state index in [-0.39, 0.29) is 12.3 Å². The molecule has 0 saturated heterocycles. The first-order valence-corrected chi connectivity index (χ1v) is 6.38. The van der Waals surface area contributed by atoms with Crippen LogP contribution in [0.1, 0.15) is 12.8 Å². The Hall–Kier alpha value is 0.540. The van der Waals surface area contributed by atoms with Crippen LogP contribution in [-0.2, 0) is 0 Å². The Morgan fingerprint density at radius 3 is 1.33 bits per heavy atom. The van der Waals surface area contributed by atoms with E-state index < -0.39 is 0 Å². The summed E-state index contributed by atoms with van der Waals surface area (Å²) in [5.41, 5.74) is 21.5. The van der Waals surface area contributed by atoms with Crippen molar-refractivity contribution in [2.45, 2.75) is 25.2 Å². The molecule has 0 aromatic carbocycles. The molecule has 0 heterocycles. The molecule has 0 aromatic heterocycles. The van der Waals surface area contributed by atoms with E-state index in [0.29, 0.717) is 0 Å². The first-order valence-electron chi connectivity index (χ1n) is 3.89. The summed E-state index contributed by atoms with van der Waals surface area (Å²) in [5.74, 6) is 1.98. The van der Waals surface area contributed by atoms with Gasteiger partial charge in [-0.15, -0.1) is 0 Å². The molecule has 0 saturated carbocycles. The Morgan fingerprint density at radius 1 is 0.750 bits per heavy atom. The van der Waals surface area contributed by atoms with Crippen LogP contribution in [0.15, 0.2) is 0 Å². The van der Waals surface area contributed by atoms with Crippen LogP contribution in [0, 0.1) is 0 Å². The molecule has 74 valence electrons. The monoisotopic (exact) mass is 210 g/mol. The molecule has 0 aliphatic carbocycles. The van der Waals surface area contributed by atoms with Gasteiger partial charge in [-0.05, 0) is 12.8 Å². The van der Waals surface area contributed by atoms with Gasteiger partial charge in [-0.2, -0.15) is 0 Å². The molecule has 12 heavy (non-hydrogen) atoms. The van der Waals surface area contributed by atoms with Gasteiger partial charge in [-0.3, -0.25) is 0 Å². The van der Waals surface area contributed by atoms with Crippen molar-refractivity contribution >= 4 is 21.6 Å². The third kappa shape index (κ3) is 10.5. The summed E-state index contributed by atoms with van der Waals surface area (Å²) in [6.45, 7) is 0. The number of hydrogen-bond donors (Lipinski definition) is 4. The second-order valence-electron chi connectivity index (χ2n) is 2.55. The quantitative estimate of drug-likeness (QED) is 0.260. The highest BCUT2D eigenvalue weighted by Gasteiger charge is 1.97. The first-order chi connectivity index (χ1) is 5.63. The van der Waals surface area contributed by atoms with E-state index in [1.807, 2.05) is 0 Å². The minimum absolute atomic E-state index is 0.185. The van der Waals surface area contributed by atoms with Crippen molar-refractivity contribution < 1.29 is 0 Å². The van der Waals surface area contributed by atoms with Crippen molar-refractivity contribution in [3.05, 3.63) is 0 Å². The van der Waals surface area contributed by atoms with Crippen LogP contribution in [0.5, 0.6) is 0 Å². The molecule has 0 rings (SSSR count). The minimum atomic E-state index is -0.185. The zero-order chi connectivity index (χ0) is 9.40. The number of nitrogens with two attached hydrogens (primary N) is 4. The van der Waals surface area contributed by atoms with E-state index in [9.17, 15) is 0 Å². The van der Waals surface area contributed by atoms with Crippen molar-refractivity contribution in [3.63, 3.8) is 0 Å². The van der Waals surface area contributed by atoms with Crippen molar-refractivity contribution in [2.75, 3.05) is 11.5 Å². The van der Waals surface area contributed by atoms with Crippen LogP contribution in [0.2, 0.25) is 0 Å². The van der Waals surface area contributed by atoms with Crippen LogP contribution in [0.25, 0.3) is 0 Å². The van der Waals surface area contributed by atoms with E-state index in [4.69, 9.17) is 22.9 Å². The highest BCUT2D eigenvalue weighted by Crippen LogP contribution is 2.22. The van der Waals surface area contributed by atoms with Crippen LogP contribution >= 0.6 is 21.6 Å². The predicted molar refractivity (Wildman–Crippen MR) is 58.5 cm³/mol. The number of hydrogen-bond acceptors (Lipinski definition) is 6. The summed E-state index contributed by atoms with van der Waals surface area (Å²) in [6.07, 6.45) is 1.34. The Balaban J connectivity index is 2.91. The van der Waals surface area contributed by atoms with E-state index in [2.05, 4.69) is 0 Å². The zero-order valence-electron chi connectivity index (χ0n) is 7.11. The second kappa shape index (κ2) is 8.15. The topological polar surface area (TPSA) is 104 Å². The van der Waals surface area contributed by atoms with Gasteiger partial charge in [0.15, 0.2) is 0 Å². The average molecular weight is 210 g/mol. The highest BCUT2D eigenvalue weighted by atomic mass is 33.1. The van der Waals surface area contributed by atoms with Gasteiger partial charge in [0.2, 0.25) is 0 Å². The molecule has 4 nitrogen and oxygen atoms in total. The Labute approximate surface area is 81.6 Å². The third-order valence-corrected chi connectivity index (χ3v) is 3.62. The molecule has 0 unspecified atom stereocenters. The predicted octanol–water partition coefficient (Wildman–Crippen LogP) is -0.365. The fourth-order valence-electron chi connectivity index (χ4n) is 0.486. The standard InChI is InChI=1S/C6H18N4S2/c7-5(8)1-3-11-12-4-2-6(9)10/h5-6H,1-4,7-10H2. The highest BCUT2D eigenvalue weighted by molar-refractivity contribution is 8.76. The van der Waals surface area contributed by atoms with Crippen molar-refractivity contribution in [3.8, 4) is 0 Å². The smallest absolute Gasteiger partial charge is 0.0529 e. The Morgan fingerprint density at radius 2 is 1.08 bits per heavy atom. The maximum absolute atomic E-state index is 5.37. The summed E-state index contributed by atoms with van der Waals surface area (Å²) < 4.78 is 0. The minimum Gasteiger partial charge on any atom is -0.316 e. The van der Waals surface area contributed by atoms with Crippen LogP contribution < -0.4 is 22.9 Å². The molecule has 0 fully saturated rings. The van der Waals surface area contributed by atoms with Gasteiger partial charge in [0.25, 0.3) is 0 Å². The lowest BCUT2D eigenvalue weighted by molar-refractivity contribution is 0.687. The zero-order valence-corrected chi connectivity index (χ0v) is 8.74. The second-order valence-corrected chi connectivity index (χ2v) is 5.25. The van der Waals surface area contributed by atoms with Crippen molar-refractivity contribution in [1.29, 1.82) is 0 Å². The normalized spacial score (nSPS) is 11.5. The van der Waals surface area contributed by atoms with Gasteiger partial charge < -0.3 is 22.9 Å². The maximum Gasteiger partial charge on any atom is 0.0529 e. The van der Waals surface area contributed by atoms with E-state index in [0.717, 1.165) is 24.3 Å². The van der Waals surface area contributed by atoms with Gasteiger partial charge >= 0.3 is 0 Å². The van der Waals surface area contributed by atoms with E-state index in [1.54, 1.807) is 21.6 Å². The molecular formula is C6H18N4S2. The first kappa shape index (κ1) is 12.5. The molecule has 0 aliphatic heterocycles.